The second-order valence-electron chi connectivity index (χ2n) is 18.2. The average Bonchev–Trinajstić information content (AvgIpc) is 3.96. The van der Waals surface area contributed by atoms with Crippen LogP contribution >= 0.6 is 12.6 Å². The second-order valence-corrected chi connectivity index (χ2v) is 19.0. The first-order valence-corrected chi connectivity index (χ1v) is 21.1. The third-order valence-electron chi connectivity index (χ3n) is 15.2. The molecule has 52 heavy (non-hydrogen) atoms. The van der Waals surface area contributed by atoms with Gasteiger partial charge in [0.2, 0.25) is 11.8 Å². The lowest BCUT2D eigenvalue weighted by atomic mass is 9.66. The lowest BCUT2D eigenvalue weighted by molar-refractivity contribution is -0.133. The Bertz CT molecular complexity index is 1520. The molecule has 0 radical (unpaired) electrons. The largest absolute Gasteiger partial charge is 0.391 e. The molecular weight excluding hydrogens is 665 g/mol. The normalized spacial score (nSPS) is 30.6. The van der Waals surface area contributed by atoms with Crippen molar-refractivity contribution in [1.29, 1.82) is 0 Å². The van der Waals surface area contributed by atoms with Gasteiger partial charge in [0.25, 0.3) is 0 Å². The molecule has 8 atom stereocenters. The van der Waals surface area contributed by atoms with Crippen molar-refractivity contribution < 1.29 is 9.59 Å². The van der Waals surface area contributed by atoms with Gasteiger partial charge in [-0.15, -0.1) is 5.10 Å². The Morgan fingerprint density at radius 2 is 1.58 bits per heavy atom. The lowest BCUT2D eigenvalue weighted by Gasteiger charge is -2.44. The van der Waals surface area contributed by atoms with Crippen molar-refractivity contribution in [3.05, 3.63) is 35.8 Å². The van der Waals surface area contributed by atoms with Crippen LogP contribution in [0.3, 0.4) is 0 Å². The molecule has 1 heterocycles. The van der Waals surface area contributed by atoms with Crippen LogP contribution in [0.2, 0.25) is 0 Å². The minimum atomic E-state index is -0.799. The van der Waals surface area contributed by atoms with E-state index in [1.807, 2.05) is 7.05 Å². The summed E-state index contributed by atoms with van der Waals surface area (Å²) in [6.45, 7) is 32.8. The van der Waals surface area contributed by atoms with Crippen LogP contribution < -0.4 is 16.0 Å². The molecule has 8 unspecified atom stereocenters. The van der Waals surface area contributed by atoms with E-state index in [0.717, 1.165) is 107 Å². The number of allylic oxidation sites excluding steroid dienone is 1. The van der Waals surface area contributed by atoms with Crippen LogP contribution in [0.25, 0.3) is 0 Å². The number of fused-ring (bicyclic) bond motifs is 1. The molecule has 2 fully saturated rings. The van der Waals surface area contributed by atoms with Crippen LogP contribution in [0.1, 0.15) is 171 Å². The van der Waals surface area contributed by atoms with E-state index in [1.54, 1.807) is 0 Å². The van der Waals surface area contributed by atoms with Crippen LogP contribution in [-0.4, -0.2) is 49.7 Å². The van der Waals surface area contributed by atoms with Crippen LogP contribution in [-0.2, 0) is 27.0 Å². The third-order valence-corrected chi connectivity index (χ3v) is 16.0. The zero-order chi connectivity index (χ0) is 39.1. The Hall–Kier alpha value is -2.29. The standard InChI is InChI=1S/C43H74N6O2S/c1-15-29(7)42(19-5,20-6)28-37(9,16-2)45-36(51)39(11)25-23-21-22-24-31-34(39)47-48-49(31)41(13,18-4)33-26-40(33,12)46-35(50)38(10,17-3)32-27-43(32,52)30(8)44-14/h32-33,44,52H,7-8,15-28H2,1-6,9-14H3,(H,45,51)(H,46,50). The molecule has 0 bridgehead atoms. The van der Waals surface area contributed by atoms with Gasteiger partial charge in [-0.1, -0.05) is 85.3 Å². The summed E-state index contributed by atoms with van der Waals surface area (Å²) in [4.78, 5) is 28.9. The number of nitrogens with one attached hydrogen (secondary N) is 3. The van der Waals surface area contributed by atoms with Gasteiger partial charge in [0.05, 0.1) is 26.8 Å². The Kier molecular flexibility index (Phi) is 12.3. The number of hydrogen-bond donors (Lipinski definition) is 4. The van der Waals surface area contributed by atoms with E-state index in [9.17, 15) is 9.59 Å². The van der Waals surface area contributed by atoms with Gasteiger partial charge in [-0.25, -0.2) is 4.68 Å². The molecule has 9 heteroatoms. The van der Waals surface area contributed by atoms with Gasteiger partial charge in [0.15, 0.2) is 0 Å². The number of thiol groups is 1. The van der Waals surface area contributed by atoms with Crippen molar-refractivity contribution in [1.82, 2.24) is 30.9 Å². The summed E-state index contributed by atoms with van der Waals surface area (Å²) >= 11 is 4.99. The molecule has 0 aromatic carbocycles. The van der Waals surface area contributed by atoms with Crippen LogP contribution in [0.15, 0.2) is 24.4 Å². The maximum atomic E-state index is 14.7. The number of carbonyl (C=O) groups is 2. The van der Waals surface area contributed by atoms with Gasteiger partial charge >= 0.3 is 0 Å². The molecule has 4 rings (SSSR count). The van der Waals surface area contributed by atoms with Crippen molar-refractivity contribution >= 4 is 24.4 Å². The first-order valence-electron chi connectivity index (χ1n) is 20.6. The molecule has 3 aliphatic rings. The van der Waals surface area contributed by atoms with E-state index < -0.39 is 10.8 Å². The molecule has 0 saturated heterocycles. The molecule has 8 nitrogen and oxygen atoms in total. The Labute approximate surface area is 322 Å². The molecular formula is C43H74N6O2S. The highest BCUT2D eigenvalue weighted by atomic mass is 32.1. The van der Waals surface area contributed by atoms with Crippen molar-refractivity contribution in [3.63, 3.8) is 0 Å². The van der Waals surface area contributed by atoms with Crippen molar-refractivity contribution in [2.75, 3.05) is 7.05 Å². The number of amides is 2. The fraction of sp³-hybridized carbons (Fsp3) is 0.814. The monoisotopic (exact) mass is 739 g/mol. The van der Waals surface area contributed by atoms with Gasteiger partial charge < -0.3 is 16.0 Å². The molecule has 0 aliphatic heterocycles. The fourth-order valence-corrected chi connectivity index (χ4v) is 10.6. The first-order chi connectivity index (χ1) is 24.2. The highest BCUT2D eigenvalue weighted by Crippen LogP contribution is 2.63. The zero-order valence-corrected chi connectivity index (χ0v) is 36.0. The first kappa shape index (κ1) is 42.5. The minimum absolute atomic E-state index is 0.0113. The van der Waals surface area contributed by atoms with Gasteiger partial charge in [0.1, 0.15) is 5.69 Å². The van der Waals surface area contributed by atoms with Crippen LogP contribution in [0.5, 0.6) is 0 Å². The van der Waals surface area contributed by atoms with Gasteiger partial charge in [-0.05, 0) is 116 Å². The van der Waals surface area contributed by atoms with Gasteiger partial charge in [-0.3, -0.25) is 9.59 Å². The Balaban J connectivity index is 1.63. The fourth-order valence-electron chi connectivity index (χ4n) is 10.0. The summed E-state index contributed by atoms with van der Waals surface area (Å²) < 4.78 is 1.79. The van der Waals surface area contributed by atoms with Crippen molar-refractivity contribution in [2.24, 2.45) is 22.7 Å². The zero-order valence-electron chi connectivity index (χ0n) is 35.1. The van der Waals surface area contributed by atoms with Crippen LogP contribution in [0, 0.1) is 22.7 Å². The molecule has 3 aliphatic carbocycles. The number of aromatic nitrogens is 3. The van der Waals surface area contributed by atoms with E-state index in [4.69, 9.17) is 22.9 Å². The smallest absolute Gasteiger partial charge is 0.232 e. The predicted molar refractivity (Wildman–Crippen MR) is 218 cm³/mol. The van der Waals surface area contributed by atoms with E-state index >= 15 is 0 Å². The molecule has 294 valence electrons. The molecule has 2 amide bonds. The minimum Gasteiger partial charge on any atom is -0.391 e. The summed E-state index contributed by atoms with van der Waals surface area (Å²) in [5, 5.41) is 20.2. The van der Waals surface area contributed by atoms with E-state index in [0.29, 0.717) is 0 Å². The van der Waals surface area contributed by atoms with E-state index in [-0.39, 0.29) is 50.4 Å². The summed E-state index contributed by atoms with van der Waals surface area (Å²) in [7, 11) is 1.87. The maximum absolute atomic E-state index is 14.7. The molecule has 2 saturated carbocycles. The maximum Gasteiger partial charge on any atom is 0.232 e. The third kappa shape index (κ3) is 7.14. The quantitative estimate of drug-likeness (QED) is 0.0891. The molecule has 3 N–H and O–H groups in total. The Morgan fingerprint density at radius 1 is 0.923 bits per heavy atom. The number of nitrogens with zero attached hydrogens (tertiary/aromatic N) is 3. The van der Waals surface area contributed by atoms with Gasteiger partial charge in [-0.2, -0.15) is 12.6 Å². The lowest BCUT2D eigenvalue weighted by Crippen LogP contribution is -2.55. The summed E-state index contributed by atoms with van der Waals surface area (Å²) in [5.74, 6) is 0.436. The topological polar surface area (TPSA) is 101 Å². The summed E-state index contributed by atoms with van der Waals surface area (Å²) in [5.41, 5.74) is 1.57. The summed E-state index contributed by atoms with van der Waals surface area (Å²) in [6, 6.07) is 0. The van der Waals surface area contributed by atoms with E-state index in [1.165, 1.54) is 5.57 Å². The van der Waals surface area contributed by atoms with Crippen LogP contribution in [0.4, 0.5) is 0 Å². The van der Waals surface area contributed by atoms with Gasteiger partial charge in [0, 0.05) is 29.7 Å². The number of rotatable bonds is 18. The molecule has 1 aromatic rings. The van der Waals surface area contributed by atoms with E-state index in [2.05, 4.69) is 110 Å². The van der Waals surface area contributed by atoms with Crippen molar-refractivity contribution in [2.45, 2.75) is 193 Å². The number of carbonyl (C=O) groups excluding carboxylic acids is 2. The Morgan fingerprint density at radius 3 is 2.12 bits per heavy atom. The highest BCUT2D eigenvalue weighted by molar-refractivity contribution is 7.82. The highest BCUT2D eigenvalue weighted by Gasteiger charge is 2.66. The SMILES string of the molecule is C=C(CC)C(CC)(CC)CC(C)(CC)NC(=O)C1(C)CCCCCc2c1nnn2C(C)(CC)C1CC1(C)NC(=O)C(C)(CC)C1CC1(S)C(=C)NC. The molecule has 0 spiro atoms. The second kappa shape index (κ2) is 15.1. The molecule has 1 aromatic heterocycles. The predicted octanol–water partition coefficient (Wildman–Crippen LogP) is 8.96. The van der Waals surface area contributed by atoms with Crippen molar-refractivity contribution in [3.8, 4) is 0 Å². The number of hydrogen-bond acceptors (Lipinski definition) is 6. The summed E-state index contributed by atoms with van der Waals surface area (Å²) in [6.07, 6.45) is 12.6. The average molecular weight is 739 g/mol.